The maximum absolute atomic E-state index is 13.0. The molecule has 0 bridgehead atoms. The molecule has 0 amide bonds. The Bertz CT molecular complexity index is 579. The number of aromatic nitrogens is 2. The number of hydrogen-bond donors (Lipinski definition) is 0. The molecule has 1 saturated heterocycles. The lowest BCUT2D eigenvalue weighted by molar-refractivity contribution is 0.191. The normalized spacial score (nSPS) is 18.8. The highest BCUT2D eigenvalue weighted by atomic mass is 19.1. The third-order valence-corrected chi connectivity index (χ3v) is 3.65. The minimum atomic E-state index is -0.501. The van der Waals surface area contributed by atoms with E-state index < -0.39 is 5.95 Å². The van der Waals surface area contributed by atoms with Gasteiger partial charge in [-0.25, -0.2) is 0 Å². The second-order valence-corrected chi connectivity index (χ2v) is 5.24. The third-order valence-electron chi connectivity index (χ3n) is 3.65. The van der Waals surface area contributed by atoms with Gasteiger partial charge in [-0.1, -0.05) is 12.1 Å². The Morgan fingerprint density at radius 3 is 3.05 bits per heavy atom. The average molecular weight is 287 g/mol. The predicted octanol–water partition coefficient (Wildman–Crippen LogP) is 2.31. The van der Waals surface area contributed by atoms with Gasteiger partial charge in [0.05, 0.1) is 0 Å². The number of rotatable bonds is 5. The topological polar surface area (TPSA) is 38.2 Å². The summed E-state index contributed by atoms with van der Waals surface area (Å²) in [7, 11) is 0. The van der Waals surface area contributed by atoms with Crippen LogP contribution in [0.5, 0.6) is 5.88 Å². The fourth-order valence-corrected chi connectivity index (χ4v) is 2.56. The van der Waals surface area contributed by atoms with E-state index >= 15 is 0 Å². The standard InChI is InChI=1S/C16H18FN3O/c17-15-4-1-5-16(19-15)21-14-7-10-20(12-14)9-6-13-3-2-8-18-11-13/h1-5,8,11,14H,6-7,9-10,12H2. The third kappa shape index (κ3) is 3.98. The summed E-state index contributed by atoms with van der Waals surface area (Å²) in [6, 6.07) is 8.68. The number of hydrogen-bond acceptors (Lipinski definition) is 4. The van der Waals surface area contributed by atoms with Gasteiger partial charge in [0, 0.05) is 38.1 Å². The zero-order valence-electron chi connectivity index (χ0n) is 11.8. The van der Waals surface area contributed by atoms with Crippen molar-refractivity contribution in [2.75, 3.05) is 19.6 Å². The molecular weight excluding hydrogens is 269 g/mol. The first-order chi connectivity index (χ1) is 10.3. The van der Waals surface area contributed by atoms with Gasteiger partial charge in [-0.2, -0.15) is 9.37 Å². The van der Waals surface area contributed by atoms with Gasteiger partial charge in [-0.3, -0.25) is 9.88 Å². The van der Waals surface area contributed by atoms with Crippen LogP contribution in [-0.2, 0) is 6.42 Å². The highest BCUT2D eigenvalue weighted by Crippen LogP contribution is 2.17. The van der Waals surface area contributed by atoms with E-state index in [1.807, 2.05) is 12.3 Å². The lowest BCUT2D eigenvalue weighted by Gasteiger charge is -2.16. The lowest BCUT2D eigenvalue weighted by Crippen LogP contribution is -2.27. The number of likely N-dealkylation sites (tertiary alicyclic amines) is 1. The van der Waals surface area contributed by atoms with E-state index in [0.29, 0.717) is 5.88 Å². The first-order valence-electron chi connectivity index (χ1n) is 7.20. The van der Waals surface area contributed by atoms with Crippen molar-refractivity contribution in [2.24, 2.45) is 0 Å². The smallest absolute Gasteiger partial charge is 0.216 e. The number of nitrogens with zero attached hydrogens (tertiary/aromatic N) is 3. The van der Waals surface area contributed by atoms with Crippen LogP contribution in [0.2, 0.25) is 0 Å². The summed E-state index contributed by atoms with van der Waals surface area (Å²) < 4.78 is 18.8. The molecule has 2 aromatic rings. The van der Waals surface area contributed by atoms with Crippen LogP contribution in [0, 0.1) is 5.95 Å². The van der Waals surface area contributed by atoms with Crippen LogP contribution in [0.4, 0.5) is 4.39 Å². The predicted molar refractivity (Wildman–Crippen MR) is 77.6 cm³/mol. The molecule has 0 N–H and O–H groups in total. The van der Waals surface area contributed by atoms with Crippen molar-refractivity contribution in [1.82, 2.24) is 14.9 Å². The van der Waals surface area contributed by atoms with E-state index in [9.17, 15) is 4.39 Å². The van der Waals surface area contributed by atoms with Crippen molar-refractivity contribution in [3.8, 4) is 5.88 Å². The Kier molecular flexibility index (Phi) is 4.40. The van der Waals surface area contributed by atoms with Gasteiger partial charge in [0.25, 0.3) is 0 Å². The molecule has 1 aliphatic heterocycles. The summed E-state index contributed by atoms with van der Waals surface area (Å²) in [5, 5.41) is 0. The number of ether oxygens (including phenoxy) is 1. The fraction of sp³-hybridized carbons (Fsp3) is 0.375. The molecule has 0 radical (unpaired) electrons. The molecule has 0 aliphatic carbocycles. The lowest BCUT2D eigenvalue weighted by atomic mass is 10.2. The van der Waals surface area contributed by atoms with E-state index in [2.05, 4.69) is 20.9 Å². The number of pyridine rings is 2. The summed E-state index contributed by atoms with van der Waals surface area (Å²) in [5.74, 6) is -0.131. The van der Waals surface area contributed by atoms with E-state index in [1.54, 1.807) is 18.3 Å². The van der Waals surface area contributed by atoms with Crippen LogP contribution in [0.3, 0.4) is 0 Å². The fourth-order valence-electron chi connectivity index (χ4n) is 2.56. The zero-order valence-corrected chi connectivity index (χ0v) is 11.8. The van der Waals surface area contributed by atoms with Crippen LogP contribution >= 0.6 is 0 Å². The molecule has 0 aromatic carbocycles. The van der Waals surface area contributed by atoms with Gasteiger partial charge < -0.3 is 4.74 Å². The maximum atomic E-state index is 13.0. The molecule has 21 heavy (non-hydrogen) atoms. The molecule has 3 heterocycles. The molecule has 1 unspecified atom stereocenters. The Labute approximate surface area is 123 Å². The summed E-state index contributed by atoms with van der Waals surface area (Å²) >= 11 is 0. The first-order valence-corrected chi connectivity index (χ1v) is 7.20. The monoisotopic (exact) mass is 287 g/mol. The molecule has 110 valence electrons. The molecule has 5 heteroatoms. The molecule has 0 saturated carbocycles. The molecule has 1 aliphatic rings. The number of halogens is 1. The SMILES string of the molecule is Fc1cccc(OC2CCN(CCc3cccnc3)C2)n1. The molecule has 1 fully saturated rings. The van der Waals surface area contributed by atoms with E-state index in [-0.39, 0.29) is 6.10 Å². The van der Waals surface area contributed by atoms with E-state index in [0.717, 1.165) is 32.5 Å². The van der Waals surface area contributed by atoms with Gasteiger partial charge in [0.1, 0.15) is 6.10 Å². The minimum absolute atomic E-state index is 0.0909. The van der Waals surface area contributed by atoms with Crippen LogP contribution in [0.15, 0.2) is 42.7 Å². The quantitative estimate of drug-likeness (QED) is 0.791. The highest BCUT2D eigenvalue weighted by molar-refractivity contribution is 5.11. The van der Waals surface area contributed by atoms with Crippen LogP contribution in [-0.4, -0.2) is 40.6 Å². The van der Waals surface area contributed by atoms with Crippen molar-refractivity contribution in [3.05, 3.63) is 54.2 Å². The molecular formula is C16H18FN3O. The zero-order chi connectivity index (χ0) is 14.5. The summed E-state index contributed by atoms with van der Waals surface area (Å²) in [4.78, 5) is 10.2. The summed E-state index contributed by atoms with van der Waals surface area (Å²) in [5.41, 5.74) is 1.24. The minimum Gasteiger partial charge on any atom is -0.473 e. The summed E-state index contributed by atoms with van der Waals surface area (Å²) in [6.07, 6.45) is 5.72. The average Bonchev–Trinajstić information content (AvgIpc) is 2.94. The van der Waals surface area contributed by atoms with Gasteiger partial charge in [0.2, 0.25) is 11.8 Å². The second-order valence-electron chi connectivity index (χ2n) is 5.24. The summed E-state index contributed by atoms with van der Waals surface area (Å²) in [6.45, 7) is 2.85. The molecule has 0 spiro atoms. The Morgan fingerprint density at radius 1 is 1.29 bits per heavy atom. The van der Waals surface area contributed by atoms with Crippen molar-refractivity contribution >= 4 is 0 Å². The maximum Gasteiger partial charge on any atom is 0.216 e. The van der Waals surface area contributed by atoms with Gasteiger partial charge in [0.15, 0.2) is 0 Å². The Balaban J connectivity index is 1.47. The van der Waals surface area contributed by atoms with Crippen molar-refractivity contribution < 1.29 is 9.13 Å². The largest absolute Gasteiger partial charge is 0.473 e. The second kappa shape index (κ2) is 6.63. The van der Waals surface area contributed by atoms with E-state index in [1.165, 1.54) is 11.6 Å². The van der Waals surface area contributed by atoms with E-state index in [4.69, 9.17) is 4.74 Å². The molecule has 2 aromatic heterocycles. The highest BCUT2D eigenvalue weighted by Gasteiger charge is 2.24. The Hall–Kier alpha value is -2.01. The van der Waals surface area contributed by atoms with Crippen molar-refractivity contribution in [1.29, 1.82) is 0 Å². The van der Waals surface area contributed by atoms with Crippen molar-refractivity contribution in [3.63, 3.8) is 0 Å². The molecule has 3 rings (SSSR count). The molecule has 4 nitrogen and oxygen atoms in total. The van der Waals surface area contributed by atoms with Crippen LogP contribution in [0.25, 0.3) is 0 Å². The van der Waals surface area contributed by atoms with Crippen LogP contribution < -0.4 is 4.74 Å². The van der Waals surface area contributed by atoms with Crippen molar-refractivity contribution in [2.45, 2.75) is 18.9 Å². The molecule has 1 atom stereocenters. The first kappa shape index (κ1) is 13.9. The Morgan fingerprint density at radius 2 is 2.24 bits per heavy atom. The van der Waals surface area contributed by atoms with Gasteiger partial charge in [-0.05, 0) is 30.5 Å². The van der Waals surface area contributed by atoms with Gasteiger partial charge >= 0.3 is 0 Å². The van der Waals surface area contributed by atoms with Crippen LogP contribution in [0.1, 0.15) is 12.0 Å². The van der Waals surface area contributed by atoms with Gasteiger partial charge in [-0.15, -0.1) is 0 Å².